The third-order valence-corrected chi connectivity index (χ3v) is 2.86. The number of nitriles is 1. The molecule has 0 unspecified atom stereocenters. The summed E-state index contributed by atoms with van der Waals surface area (Å²) in [5.41, 5.74) is 1.77. The van der Waals surface area contributed by atoms with Crippen LogP contribution in [0, 0.1) is 11.3 Å². The first-order valence-electron chi connectivity index (χ1n) is 5.99. The van der Waals surface area contributed by atoms with E-state index in [-0.39, 0.29) is 5.56 Å². The van der Waals surface area contributed by atoms with Crippen LogP contribution in [0.25, 0.3) is 0 Å². The van der Waals surface area contributed by atoms with Crippen LogP contribution < -0.4 is 4.90 Å². The van der Waals surface area contributed by atoms with E-state index < -0.39 is 5.97 Å². The molecule has 100 valence electrons. The van der Waals surface area contributed by atoms with E-state index in [4.69, 9.17) is 10.4 Å². The van der Waals surface area contributed by atoms with Gasteiger partial charge in [-0.1, -0.05) is 12.1 Å². The summed E-state index contributed by atoms with van der Waals surface area (Å²) >= 11 is 0. The highest BCUT2D eigenvalue weighted by Gasteiger charge is 2.08. The molecule has 0 aliphatic carbocycles. The maximum atomic E-state index is 10.9. The summed E-state index contributed by atoms with van der Waals surface area (Å²) in [6, 6.07) is 12.4. The Labute approximate surface area is 116 Å². The highest BCUT2D eigenvalue weighted by molar-refractivity contribution is 5.88. The van der Waals surface area contributed by atoms with E-state index in [1.165, 1.54) is 18.3 Å². The topological polar surface area (TPSA) is 77.2 Å². The van der Waals surface area contributed by atoms with Crippen molar-refractivity contribution >= 4 is 11.8 Å². The van der Waals surface area contributed by atoms with Crippen molar-refractivity contribution in [3.63, 3.8) is 0 Å². The average Bonchev–Trinajstić information content (AvgIpc) is 2.47. The number of nitrogens with zero attached hydrogens (tertiary/aromatic N) is 3. The van der Waals surface area contributed by atoms with Crippen LogP contribution in [0.2, 0.25) is 0 Å². The van der Waals surface area contributed by atoms with Crippen molar-refractivity contribution in [3.05, 3.63) is 59.3 Å². The maximum Gasteiger partial charge on any atom is 0.335 e. The van der Waals surface area contributed by atoms with E-state index in [0.717, 1.165) is 5.56 Å². The van der Waals surface area contributed by atoms with Gasteiger partial charge in [-0.3, -0.25) is 0 Å². The first-order valence-corrected chi connectivity index (χ1v) is 5.99. The third kappa shape index (κ3) is 3.12. The van der Waals surface area contributed by atoms with Crippen LogP contribution in [-0.4, -0.2) is 23.1 Å². The van der Waals surface area contributed by atoms with Crippen LogP contribution in [0.3, 0.4) is 0 Å². The number of rotatable bonds is 4. The molecule has 5 nitrogen and oxygen atoms in total. The quantitative estimate of drug-likeness (QED) is 0.919. The predicted octanol–water partition coefficient (Wildman–Crippen LogP) is 2.29. The van der Waals surface area contributed by atoms with Crippen molar-refractivity contribution in [2.24, 2.45) is 0 Å². The lowest BCUT2D eigenvalue weighted by Crippen LogP contribution is -2.18. The van der Waals surface area contributed by atoms with Gasteiger partial charge in [-0.25, -0.2) is 9.78 Å². The van der Waals surface area contributed by atoms with Gasteiger partial charge in [0.25, 0.3) is 0 Å². The second kappa shape index (κ2) is 5.85. The molecule has 1 N–H and O–H groups in total. The summed E-state index contributed by atoms with van der Waals surface area (Å²) in [4.78, 5) is 16.9. The molecule has 1 aromatic carbocycles. The van der Waals surface area contributed by atoms with Crippen LogP contribution in [0.5, 0.6) is 0 Å². The molecule has 1 aromatic heterocycles. The number of hydrogen-bond acceptors (Lipinski definition) is 4. The lowest BCUT2D eigenvalue weighted by Gasteiger charge is -2.18. The fourth-order valence-electron chi connectivity index (χ4n) is 1.85. The zero-order valence-electron chi connectivity index (χ0n) is 10.9. The van der Waals surface area contributed by atoms with Gasteiger partial charge in [-0.2, -0.15) is 5.26 Å². The summed E-state index contributed by atoms with van der Waals surface area (Å²) < 4.78 is 0. The minimum absolute atomic E-state index is 0.202. The van der Waals surface area contributed by atoms with Gasteiger partial charge >= 0.3 is 5.97 Å². The molecule has 0 amide bonds. The van der Waals surface area contributed by atoms with E-state index in [0.29, 0.717) is 17.9 Å². The predicted molar refractivity (Wildman–Crippen MR) is 74.5 cm³/mol. The van der Waals surface area contributed by atoms with Gasteiger partial charge in [0, 0.05) is 19.8 Å². The minimum atomic E-state index is -0.978. The molecule has 0 saturated carbocycles. The molecular weight excluding hydrogens is 254 g/mol. The first-order chi connectivity index (χ1) is 9.60. The highest BCUT2D eigenvalue weighted by Crippen LogP contribution is 2.15. The number of pyridine rings is 1. The van der Waals surface area contributed by atoms with Crippen LogP contribution >= 0.6 is 0 Å². The van der Waals surface area contributed by atoms with E-state index in [9.17, 15) is 4.79 Å². The molecule has 20 heavy (non-hydrogen) atoms. The zero-order chi connectivity index (χ0) is 14.5. The van der Waals surface area contributed by atoms with Crippen molar-refractivity contribution in [2.75, 3.05) is 11.9 Å². The summed E-state index contributed by atoms with van der Waals surface area (Å²) in [6.45, 7) is 0.547. The Hall–Kier alpha value is -2.87. The molecule has 0 atom stereocenters. The van der Waals surface area contributed by atoms with Gasteiger partial charge in [0.2, 0.25) is 0 Å². The van der Waals surface area contributed by atoms with Crippen molar-refractivity contribution < 1.29 is 9.90 Å². The Morgan fingerprint density at radius 3 is 2.90 bits per heavy atom. The van der Waals surface area contributed by atoms with Crippen LogP contribution in [-0.2, 0) is 6.54 Å². The van der Waals surface area contributed by atoms with Crippen LogP contribution in [0.1, 0.15) is 21.5 Å². The zero-order valence-corrected chi connectivity index (χ0v) is 10.9. The Morgan fingerprint density at radius 2 is 2.20 bits per heavy atom. The summed E-state index contributed by atoms with van der Waals surface area (Å²) in [6.07, 6.45) is 1.47. The summed E-state index contributed by atoms with van der Waals surface area (Å²) in [5, 5.41) is 17.8. The summed E-state index contributed by atoms with van der Waals surface area (Å²) in [7, 11) is 1.83. The number of carboxylic acid groups (broad SMARTS) is 1. The van der Waals surface area contributed by atoms with E-state index in [1.54, 1.807) is 12.1 Å². The molecule has 2 rings (SSSR count). The van der Waals surface area contributed by atoms with Crippen molar-refractivity contribution in [1.82, 2.24) is 4.98 Å². The SMILES string of the molecule is CN(Cc1cccc(C#N)c1)c1cc(C(=O)O)ccn1. The van der Waals surface area contributed by atoms with E-state index in [2.05, 4.69) is 11.1 Å². The molecule has 2 aromatic rings. The third-order valence-electron chi connectivity index (χ3n) is 2.86. The largest absolute Gasteiger partial charge is 0.478 e. The Balaban J connectivity index is 2.19. The fraction of sp³-hybridized carbons (Fsp3) is 0.133. The Kier molecular flexibility index (Phi) is 3.96. The standard InChI is InChI=1S/C15H13N3O2/c1-18(10-12-4-2-3-11(7-12)9-16)14-8-13(15(19)20)5-6-17-14/h2-8H,10H2,1H3,(H,19,20). The number of aromatic nitrogens is 1. The molecule has 1 heterocycles. The first kappa shape index (κ1) is 13.6. The second-order valence-electron chi connectivity index (χ2n) is 4.38. The van der Waals surface area contributed by atoms with Crippen LogP contribution in [0.4, 0.5) is 5.82 Å². The number of hydrogen-bond donors (Lipinski definition) is 1. The van der Waals surface area contributed by atoms with Gasteiger partial charge in [0.15, 0.2) is 0 Å². The van der Waals surface area contributed by atoms with Crippen molar-refractivity contribution in [2.45, 2.75) is 6.54 Å². The number of benzene rings is 1. The molecule has 0 bridgehead atoms. The van der Waals surface area contributed by atoms with E-state index in [1.807, 2.05) is 24.1 Å². The van der Waals surface area contributed by atoms with Gasteiger partial charge < -0.3 is 10.0 Å². The van der Waals surface area contributed by atoms with Gasteiger partial charge in [0.05, 0.1) is 17.2 Å². The maximum absolute atomic E-state index is 10.9. The molecule has 0 radical (unpaired) electrons. The Morgan fingerprint density at radius 1 is 1.40 bits per heavy atom. The van der Waals surface area contributed by atoms with Gasteiger partial charge in [0.1, 0.15) is 5.82 Å². The number of aromatic carboxylic acids is 1. The minimum Gasteiger partial charge on any atom is -0.478 e. The average molecular weight is 267 g/mol. The highest BCUT2D eigenvalue weighted by atomic mass is 16.4. The molecule has 0 fully saturated rings. The van der Waals surface area contributed by atoms with E-state index >= 15 is 0 Å². The molecule has 0 spiro atoms. The number of carboxylic acids is 1. The lowest BCUT2D eigenvalue weighted by atomic mass is 10.1. The number of anilines is 1. The Bertz CT molecular complexity index is 677. The molecule has 5 heteroatoms. The van der Waals surface area contributed by atoms with Gasteiger partial charge in [-0.05, 0) is 29.8 Å². The smallest absolute Gasteiger partial charge is 0.335 e. The molecular formula is C15H13N3O2. The monoisotopic (exact) mass is 267 g/mol. The molecule has 0 saturated heterocycles. The molecule has 0 aliphatic rings. The second-order valence-corrected chi connectivity index (χ2v) is 4.38. The molecule has 0 aliphatic heterocycles. The number of carbonyl (C=O) groups is 1. The van der Waals surface area contributed by atoms with Crippen LogP contribution in [0.15, 0.2) is 42.6 Å². The normalized spacial score (nSPS) is 9.80. The van der Waals surface area contributed by atoms with Crippen molar-refractivity contribution in [3.8, 4) is 6.07 Å². The van der Waals surface area contributed by atoms with Crippen molar-refractivity contribution in [1.29, 1.82) is 5.26 Å². The fourth-order valence-corrected chi connectivity index (χ4v) is 1.85. The lowest BCUT2D eigenvalue weighted by molar-refractivity contribution is 0.0697. The van der Waals surface area contributed by atoms with Gasteiger partial charge in [-0.15, -0.1) is 0 Å². The summed E-state index contributed by atoms with van der Waals surface area (Å²) in [5.74, 6) is -0.402.